The molecule has 1 aromatic carbocycles. The lowest BCUT2D eigenvalue weighted by Gasteiger charge is -2.33. The van der Waals surface area contributed by atoms with Crippen molar-refractivity contribution >= 4 is 17.9 Å². The molecule has 0 saturated heterocycles. The van der Waals surface area contributed by atoms with E-state index >= 15 is 0 Å². The number of hydrogen-bond acceptors (Lipinski definition) is 4. The monoisotopic (exact) mass is 503 g/mol. The van der Waals surface area contributed by atoms with Crippen LogP contribution in [0.15, 0.2) is 18.2 Å². The molecular weight excluding hydrogens is 454 g/mol. The molecule has 3 amide bonds. The minimum atomic E-state index is -0.758. The predicted molar refractivity (Wildman–Crippen MR) is 146 cm³/mol. The molecule has 0 saturated carbocycles. The van der Waals surface area contributed by atoms with E-state index < -0.39 is 17.7 Å². The van der Waals surface area contributed by atoms with E-state index in [-0.39, 0.29) is 18.4 Å². The van der Waals surface area contributed by atoms with E-state index in [9.17, 15) is 14.4 Å². The number of alkyl carbamates (subject to hydrolysis) is 1. The van der Waals surface area contributed by atoms with Crippen LogP contribution in [0.5, 0.6) is 0 Å². The third kappa shape index (κ3) is 11.4. The number of unbranched alkanes of at least 4 members (excludes halogenated alkanes) is 6. The maximum Gasteiger partial charge on any atom is 0.408 e. The average molecular weight is 504 g/mol. The zero-order valence-electron chi connectivity index (χ0n) is 23.7. The molecule has 7 nitrogen and oxygen atoms in total. The van der Waals surface area contributed by atoms with Crippen molar-refractivity contribution in [1.29, 1.82) is 0 Å². The second-order valence-corrected chi connectivity index (χ2v) is 10.6. The van der Waals surface area contributed by atoms with Crippen molar-refractivity contribution in [2.45, 2.75) is 111 Å². The summed E-state index contributed by atoms with van der Waals surface area (Å²) in [5.41, 5.74) is 2.12. The van der Waals surface area contributed by atoms with Gasteiger partial charge in [0, 0.05) is 13.1 Å². The summed E-state index contributed by atoms with van der Waals surface area (Å²) >= 11 is 0. The van der Waals surface area contributed by atoms with E-state index in [4.69, 9.17) is 4.74 Å². The normalized spacial score (nSPS) is 12.1. The Morgan fingerprint density at radius 3 is 2.06 bits per heavy atom. The van der Waals surface area contributed by atoms with Crippen LogP contribution >= 0.6 is 0 Å². The third-order valence-electron chi connectivity index (χ3n) is 6.06. The van der Waals surface area contributed by atoms with Crippen LogP contribution in [0.3, 0.4) is 0 Å². The highest BCUT2D eigenvalue weighted by molar-refractivity contribution is 5.91. The molecule has 0 aromatic heterocycles. The Balaban J connectivity index is 3.21. The summed E-state index contributed by atoms with van der Waals surface area (Å²) in [6.07, 6.45) is 7.62. The highest BCUT2D eigenvalue weighted by Crippen LogP contribution is 2.28. The number of amides is 3. The fourth-order valence-electron chi connectivity index (χ4n) is 4.20. The summed E-state index contributed by atoms with van der Waals surface area (Å²) in [4.78, 5) is 40.9. The first-order valence-corrected chi connectivity index (χ1v) is 13.6. The van der Waals surface area contributed by atoms with Gasteiger partial charge >= 0.3 is 6.09 Å². The van der Waals surface area contributed by atoms with Crippen LogP contribution in [-0.4, -0.2) is 48.0 Å². The number of carbonyl (C=O) groups is 3. The molecule has 204 valence electrons. The Hall–Kier alpha value is -2.57. The van der Waals surface area contributed by atoms with Crippen molar-refractivity contribution < 1.29 is 19.1 Å². The molecule has 0 heterocycles. The van der Waals surface area contributed by atoms with Crippen LogP contribution in [0.2, 0.25) is 0 Å². The number of carbonyl (C=O) groups excluding carboxylic acids is 3. The molecule has 1 rings (SSSR count). The van der Waals surface area contributed by atoms with Gasteiger partial charge < -0.3 is 20.3 Å². The summed E-state index contributed by atoms with van der Waals surface area (Å²) in [5, 5.41) is 5.62. The summed E-state index contributed by atoms with van der Waals surface area (Å²) in [5.74, 6) is -0.481. The fraction of sp³-hybridized carbons (Fsp3) is 0.690. The lowest BCUT2D eigenvalue weighted by Crippen LogP contribution is -2.48. The van der Waals surface area contributed by atoms with Crippen molar-refractivity contribution in [1.82, 2.24) is 15.5 Å². The molecular formula is C29H49N3O4. The van der Waals surface area contributed by atoms with Gasteiger partial charge in [-0.1, -0.05) is 70.6 Å². The molecule has 7 heteroatoms. The van der Waals surface area contributed by atoms with Gasteiger partial charge in [0.1, 0.15) is 18.2 Å². The molecule has 2 N–H and O–H groups in total. The van der Waals surface area contributed by atoms with E-state index in [1.54, 1.807) is 25.7 Å². The van der Waals surface area contributed by atoms with Crippen molar-refractivity contribution in [3.8, 4) is 0 Å². The summed E-state index contributed by atoms with van der Waals surface area (Å²) < 4.78 is 5.30. The van der Waals surface area contributed by atoms with Crippen molar-refractivity contribution in [2.75, 3.05) is 19.6 Å². The van der Waals surface area contributed by atoms with Gasteiger partial charge in [-0.2, -0.15) is 0 Å². The van der Waals surface area contributed by atoms with E-state index in [1.807, 2.05) is 32.0 Å². The maximum absolute atomic E-state index is 13.6. The van der Waals surface area contributed by atoms with Gasteiger partial charge in [-0.05, 0) is 64.2 Å². The number of aryl methyl sites for hydroxylation is 2. The van der Waals surface area contributed by atoms with Crippen LogP contribution in [0.4, 0.5) is 4.79 Å². The largest absolute Gasteiger partial charge is 0.444 e. The Bertz CT molecular complexity index is 812. The smallest absolute Gasteiger partial charge is 0.408 e. The Kier molecular flexibility index (Phi) is 14.2. The summed E-state index contributed by atoms with van der Waals surface area (Å²) in [7, 11) is 0. The highest BCUT2D eigenvalue weighted by Gasteiger charge is 2.33. The number of benzene rings is 1. The van der Waals surface area contributed by atoms with E-state index in [0.717, 1.165) is 48.8 Å². The molecule has 1 unspecified atom stereocenters. The lowest BCUT2D eigenvalue weighted by atomic mass is 9.93. The summed E-state index contributed by atoms with van der Waals surface area (Å²) in [6.45, 7) is 14.3. The molecule has 1 aromatic rings. The van der Waals surface area contributed by atoms with Crippen LogP contribution in [0.25, 0.3) is 0 Å². The SMILES string of the molecule is CCCCCCCCN(C(=O)CNC(=O)OC(C)(C)C)C(C(=O)NCCCC)c1c(C)cccc1C. The standard InChI is InChI=1S/C29H49N3O4/c1-8-10-12-13-14-15-20-32(24(33)21-31-28(35)36-29(5,6)7)26(27(34)30-19-11-9-2)25-22(3)17-16-18-23(25)4/h16-18,26H,8-15,19-21H2,1-7H3,(H,30,34)(H,31,35). The van der Waals surface area contributed by atoms with Crippen LogP contribution in [0.1, 0.15) is 109 Å². The maximum atomic E-state index is 13.6. The van der Waals surface area contributed by atoms with Crippen molar-refractivity contribution in [2.24, 2.45) is 0 Å². The van der Waals surface area contributed by atoms with Gasteiger partial charge in [0.05, 0.1) is 0 Å². The Morgan fingerprint density at radius 1 is 0.889 bits per heavy atom. The first-order chi connectivity index (χ1) is 17.0. The Labute approximate surface area is 218 Å². The zero-order valence-corrected chi connectivity index (χ0v) is 23.7. The van der Waals surface area contributed by atoms with Gasteiger partial charge in [-0.15, -0.1) is 0 Å². The lowest BCUT2D eigenvalue weighted by molar-refractivity contribution is -0.140. The number of ether oxygens (including phenoxy) is 1. The van der Waals surface area contributed by atoms with Gasteiger partial charge in [0.2, 0.25) is 11.8 Å². The summed E-state index contributed by atoms with van der Waals surface area (Å²) in [6, 6.07) is 5.15. The van der Waals surface area contributed by atoms with Gasteiger partial charge in [0.25, 0.3) is 0 Å². The second-order valence-electron chi connectivity index (χ2n) is 10.6. The minimum absolute atomic E-state index is 0.183. The average Bonchev–Trinajstić information content (AvgIpc) is 2.79. The molecule has 36 heavy (non-hydrogen) atoms. The zero-order chi connectivity index (χ0) is 27.1. The predicted octanol–water partition coefficient (Wildman–Crippen LogP) is 5.97. The second kappa shape index (κ2) is 16.2. The van der Waals surface area contributed by atoms with Gasteiger partial charge in [0.15, 0.2) is 0 Å². The molecule has 0 aliphatic carbocycles. The quantitative estimate of drug-likeness (QED) is 0.288. The Morgan fingerprint density at radius 2 is 1.47 bits per heavy atom. The minimum Gasteiger partial charge on any atom is -0.444 e. The van der Waals surface area contributed by atoms with Crippen molar-refractivity contribution in [3.63, 3.8) is 0 Å². The van der Waals surface area contributed by atoms with Crippen LogP contribution in [-0.2, 0) is 14.3 Å². The van der Waals surface area contributed by atoms with Gasteiger partial charge in [-0.3, -0.25) is 9.59 Å². The third-order valence-corrected chi connectivity index (χ3v) is 6.06. The number of nitrogens with zero attached hydrogens (tertiary/aromatic N) is 1. The molecule has 0 fully saturated rings. The van der Waals surface area contributed by atoms with Crippen molar-refractivity contribution in [3.05, 3.63) is 34.9 Å². The van der Waals surface area contributed by atoms with E-state index in [1.165, 1.54) is 19.3 Å². The highest BCUT2D eigenvalue weighted by atomic mass is 16.6. The number of hydrogen-bond donors (Lipinski definition) is 2. The van der Waals surface area contributed by atoms with E-state index in [2.05, 4.69) is 24.5 Å². The van der Waals surface area contributed by atoms with Crippen LogP contribution in [0, 0.1) is 13.8 Å². The molecule has 0 aliphatic heterocycles. The molecule has 1 atom stereocenters. The van der Waals surface area contributed by atoms with E-state index in [0.29, 0.717) is 13.1 Å². The topological polar surface area (TPSA) is 87.7 Å². The fourth-order valence-corrected chi connectivity index (χ4v) is 4.20. The molecule has 0 aliphatic rings. The molecule has 0 radical (unpaired) electrons. The first kappa shape index (κ1) is 31.5. The number of rotatable bonds is 15. The molecule has 0 bridgehead atoms. The van der Waals surface area contributed by atoms with Gasteiger partial charge in [-0.25, -0.2) is 4.79 Å². The molecule has 0 spiro atoms. The van der Waals surface area contributed by atoms with Crippen LogP contribution < -0.4 is 10.6 Å². The first-order valence-electron chi connectivity index (χ1n) is 13.6. The number of nitrogens with one attached hydrogen (secondary N) is 2.